The monoisotopic (exact) mass is 465 g/mol. The van der Waals surface area contributed by atoms with Crippen molar-refractivity contribution in [2.75, 3.05) is 6.54 Å². The van der Waals surface area contributed by atoms with Crippen LogP contribution in [0.25, 0.3) is 0 Å². The second kappa shape index (κ2) is 11.9. The molecule has 0 saturated carbocycles. The van der Waals surface area contributed by atoms with Gasteiger partial charge in [-0.05, 0) is 42.7 Å². The molecule has 2 atom stereocenters. The summed E-state index contributed by atoms with van der Waals surface area (Å²) < 4.78 is 10.1. The van der Waals surface area contributed by atoms with Gasteiger partial charge < -0.3 is 39.7 Å². The average molecular weight is 466 g/mol. The zero-order valence-corrected chi connectivity index (χ0v) is 22.1. The number of ether oxygens (including phenoxy) is 2. The molecule has 0 saturated heterocycles. The molecule has 2 N–H and O–H groups in total. The van der Waals surface area contributed by atoms with Crippen molar-refractivity contribution >= 4 is 23.5 Å². The Bertz CT molecular complexity index is 929. The largest absolute Gasteiger partial charge is 1.00 e. The molecule has 0 bridgehead atoms. The van der Waals surface area contributed by atoms with E-state index in [-0.39, 0.29) is 83.2 Å². The van der Waals surface area contributed by atoms with E-state index in [0.29, 0.717) is 22.6 Å². The Hall–Kier alpha value is -0.810. The van der Waals surface area contributed by atoms with E-state index in [4.69, 9.17) is 21.1 Å². The molecule has 0 radical (unpaired) electrons. The molecule has 154 valence electrons. The molecular weight excluding hydrogens is 448 g/mol. The number of halogens is 1. The van der Waals surface area contributed by atoms with Crippen LogP contribution in [0.2, 0.25) is 5.02 Å². The first kappa shape index (κ1) is 28.2. The van der Waals surface area contributed by atoms with E-state index in [2.05, 4.69) is 5.32 Å². The van der Waals surface area contributed by atoms with E-state index in [1.54, 1.807) is 36.4 Å². The van der Waals surface area contributed by atoms with Gasteiger partial charge in [0, 0.05) is 17.6 Å². The fraction of sp³-hybridized carbons (Fsp3) is 0.300. The second-order valence-electron chi connectivity index (χ2n) is 6.72. The van der Waals surface area contributed by atoms with Crippen LogP contribution in [0.15, 0.2) is 42.5 Å². The van der Waals surface area contributed by atoms with Gasteiger partial charge in [-0.15, -0.1) is 0 Å². The van der Waals surface area contributed by atoms with Gasteiger partial charge in [-0.25, -0.2) is 0 Å². The molecule has 1 heterocycles. The minimum atomic E-state index is -3.02. The normalized spacial score (nSPS) is 15.2. The summed E-state index contributed by atoms with van der Waals surface area (Å²) in [7, 11) is 0. The summed E-state index contributed by atoms with van der Waals surface area (Å²) in [6.07, 6.45) is -0.425. The number of carboxylic acids is 2. The van der Waals surface area contributed by atoms with E-state index in [0.717, 1.165) is 0 Å². The van der Waals surface area contributed by atoms with Gasteiger partial charge in [-0.2, -0.15) is 0 Å². The molecular formula is C20H18ClNNa2O7. The Morgan fingerprint density at radius 3 is 2.39 bits per heavy atom. The molecule has 1 aliphatic rings. The van der Waals surface area contributed by atoms with Crippen molar-refractivity contribution in [3.63, 3.8) is 0 Å². The third kappa shape index (κ3) is 6.37. The number of hydrogen-bond acceptors (Lipinski definition) is 8. The molecule has 0 amide bonds. The molecule has 2 aromatic carbocycles. The summed E-state index contributed by atoms with van der Waals surface area (Å²) in [6, 6.07) is 11.4. The van der Waals surface area contributed by atoms with Crippen LogP contribution < -0.4 is 84.1 Å². The van der Waals surface area contributed by atoms with Gasteiger partial charge in [0.25, 0.3) is 0 Å². The SMILES string of the molecule is C[C@H](Cc1cccc2c1OC(C(=O)[O-])(C(=O)[O-])O2)NC[C@H](O)c1cccc(Cl)c1.[Na+].[Na+]. The van der Waals surface area contributed by atoms with Crippen molar-refractivity contribution in [2.24, 2.45) is 0 Å². The van der Waals surface area contributed by atoms with Crippen LogP contribution in [0.4, 0.5) is 0 Å². The molecule has 31 heavy (non-hydrogen) atoms. The molecule has 0 unspecified atom stereocenters. The van der Waals surface area contributed by atoms with Crippen molar-refractivity contribution in [3.8, 4) is 11.5 Å². The minimum absolute atomic E-state index is 0. The maximum absolute atomic E-state index is 11.3. The van der Waals surface area contributed by atoms with E-state index < -0.39 is 23.8 Å². The van der Waals surface area contributed by atoms with Gasteiger partial charge >= 0.3 is 64.9 Å². The molecule has 11 heteroatoms. The predicted octanol–water partition coefficient (Wildman–Crippen LogP) is -6.43. The Labute approximate surface area is 228 Å². The number of aliphatic carboxylic acids is 2. The van der Waals surface area contributed by atoms with Gasteiger partial charge in [0.1, 0.15) is 11.9 Å². The predicted molar refractivity (Wildman–Crippen MR) is 98.0 cm³/mol. The van der Waals surface area contributed by atoms with E-state index in [1.807, 2.05) is 6.92 Å². The number of fused-ring (bicyclic) bond motifs is 1. The second-order valence-corrected chi connectivity index (χ2v) is 7.16. The van der Waals surface area contributed by atoms with E-state index in [9.17, 15) is 24.9 Å². The first-order valence-electron chi connectivity index (χ1n) is 8.82. The number of aliphatic hydroxyl groups excluding tert-OH is 1. The van der Waals surface area contributed by atoms with Gasteiger partial charge in [0.2, 0.25) is 0 Å². The number of carbonyl (C=O) groups is 2. The number of nitrogens with one attached hydrogen (secondary N) is 1. The molecule has 3 rings (SSSR count). The molecule has 2 aromatic rings. The molecule has 0 spiro atoms. The first-order valence-corrected chi connectivity index (χ1v) is 9.20. The van der Waals surface area contributed by atoms with E-state index in [1.165, 1.54) is 6.07 Å². The van der Waals surface area contributed by atoms with Gasteiger partial charge in [-0.3, -0.25) is 0 Å². The fourth-order valence-electron chi connectivity index (χ4n) is 3.03. The topological polar surface area (TPSA) is 131 Å². The Kier molecular flexibility index (Phi) is 10.8. The van der Waals surface area contributed by atoms with E-state index >= 15 is 0 Å². The molecule has 0 fully saturated rings. The van der Waals surface area contributed by atoms with Crippen LogP contribution in [0, 0.1) is 0 Å². The quantitative estimate of drug-likeness (QED) is 0.291. The fourth-order valence-corrected chi connectivity index (χ4v) is 3.23. The van der Waals surface area contributed by atoms with Crippen LogP contribution in [0.3, 0.4) is 0 Å². The summed E-state index contributed by atoms with van der Waals surface area (Å²) >= 11 is 5.93. The van der Waals surface area contributed by atoms with Crippen molar-refractivity contribution in [2.45, 2.75) is 31.3 Å². The number of hydrogen-bond donors (Lipinski definition) is 2. The van der Waals surface area contributed by atoms with Gasteiger partial charge in [0.15, 0.2) is 11.5 Å². The van der Waals surface area contributed by atoms with Crippen LogP contribution in [-0.4, -0.2) is 35.4 Å². The average Bonchev–Trinajstić information content (AvgIpc) is 3.08. The Morgan fingerprint density at radius 1 is 1.13 bits per heavy atom. The number of para-hydroxylation sites is 1. The van der Waals surface area contributed by atoms with Crippen molar-refractivity contribution in [1.82, 2.24) is 5.32 Å². The number of rotatable bonds is 8. The Morgan fingerprint density at radius 2 is 1.77 bits per heavy atom. The summed E-state index contributed by atoms with van der Waals surface area (Å²) in [6.45, 7) is 2.10. The maximum atomic E-state index is 11.3. The molecule has 8 nitrogen and oxygen atoms in total. The molecule has 0 aliphatic carbocycles. The summed E-state index contributed by atoms with van der Waals surface area (Å²) in [5.74, 6) is -7.16. The minimum Gasteiger partial charge on any atom is -0.542 e. The Balaban J connectivity index is 0.00000240. The maximum Gasteiger partial charge on any atom is 1.00 e. The van der Waals surface area contributed by atoms with Crippen LogP contribution >= 0.6 is 11.6 Å². The smallest absolute Gasteiger partial charge is 0.542 e. The standard InChI is InChI=1S/C20H20ClNO7.2Na/c1-11(22-10-15(23)12-4-2-6-14(21)9-12)8-13-5-3-7-16-17(13)29-20(28-16,18(24)25)19(26)27;;/h2-7,9,11,15,22-23H,8,10H2,1H3,(H,24,25)(H,26,27);;/q;2*+1/p-2/t11-,15+;;/m1../s1. The number of carboxylic acid groups (broad SMARTS) is 2. The number of carbonyl (C=O) groups excluding carboxylic acids is 2. The van der Waals surface area contributed by atoms with Crippen molar-refractivity contribution < 1.29 is 93.5 Å². The van der Waals surface area contributed by atoms with Crippen LogP contribution in [0.5, 0.6) is 11.5 Å². The zero-order valence-electron chi connectivity index (χ0n) is 17.4. The third-order valence-electron chi connectivity index (χ3n) is 4.52. The van der Waals surface area contributed by atoms with Gasteiger partial charge in [-0.1, -0.05) is 35.9 Å². The van der Waals surface area contributed by atoms with Crippen molar-refractivity contribution in [1.29, 1.82) is 0 Å². The molecule has 1 aliphatic heterocycles. The summed E-state index contributed by atoms with van der Waals surface area (Å²) in [5, 5.41) is 36.5. The number of aliphatic hydroxyl groups is 1. The third-order valence-corrected chi connectivity index (χ3v) is 4.75. The first-order chi connectivity index (χ1) is 13.7. The summed E-state index contributed by atoms with van der Waals surface area (Å²) in [5.41, 5.74) is 1.20. The molecule has 0 aromatic heterocycles. The summed E-state index contributed by atoms with van der Waals surface area (Å²) in [4.78, 5) is 22.5. The van der Waals surface area contributed by atoms with Gasteiger partial charge in [0.05, 0.1) is 6.10 Å². The van der Waals surface area contributed by atoms with Crippen molar-refractivity contribution in [3.05, 3.63) is 58.6 Å². The number of benzene rings is 2. The zero-order chi connectivity index (χ0) is 21.2. The van der Waals surface area contributed by atoms with Crippen LogP contribution in [0.1, 0.15) is 24.2 Å². The van der Waals surface area contributed by atoms with Crippen LogP contribution in [-0.2, 0) is 16.0 Å².